The lowest BCUT2D eigenvalue weighted by atomic mass is 9.96. The molecular formula is C18H10Br2F6O2. The zero-order chi connectivity index (χ0) is 21.3. The van der Waals surface area contributed by atoms with Gasteiger partial charge in [-0.15, -0.1) is 0 Å². The third-order valence-electron chi connectivity index (χ3n) is 3.66. The van der Waals surface area contributed by atoms with Gasteiger partial charge in [0.2, 0.25) is 0 Å². The van der Waals surface area contributed by atoms with E-state index in [9.17, 15) is 31.1 Å². The van der Waals surface area contributed by atoms with E-state index in [1.807, 2.05) is 0 Å². The lowest BCUT2D eigenvalue weighted by molar-refractivity contribution is -0.139. The van der Waals surface area contributed by atoms with Gasteiger partial charge in [0.25, 0.3) is 0 Å². The van der Waals surface area contributed by atoms with E-state index < -0.39 is 35.4 Å². The van der Waals surface area contributed by atoms with Gasteiger partial charge in [-0.2, -0.15) is 26.3 Å². The van der Waals surface area contributed by atoms with Gasteiger partial charge in [-0.3, -0.25) is 0 Å². The Hall–Kier alpha value is -1.81. The summed E-state index contributed by atoms with van der Waals surface area (Å²) in [6.07, 6.45) is -8.04. The number of carboxylic acid groups (broad SMARTS) is 1. The second kappa shape index (κ2) is 8.28. The van der Waals surface area contributed by atoms with Gasteiger partial charge in [-0.05, 0) is 41.5 Å². The summed E-state index contributed by atoms with van der Waals surface area (Å²) in [7, 11) is 0. The van der Waals surface area contributed by atoms with Crippen molar-refractivity contribution < 1.29 is 36.2 Å². The lowest BCUT2D eigenvalue weighted by Gasteiger charge is -2.18. The maximum Gasteiger partial charge on any atom is 0.417 e. The number of carboxylic acids is 1. The van der Waals surface area contributed by atoms with Crippen LogP contribution >= 0.6 is 31.9 Å². The van der Waals surface area contributed by atoms with Crippen molar-refractivity contribution in [1.82, 2.24) is 0 Å². The Labute approximate surface area is 172 Å². The summed E-state index contributed by atoms with van der Waals surface area (Å²) in [6, 6.07) is 6.28. The molecule has 10 heteroatoms. The van der Waals surface area contributed by atoms with Gasteiger partial charge in [0.05, 0.1) is 17.0 Å². The summed E-state index contributed by atoms with van der Waals surface area (Å²) in [5, 5.41) is 8.87. The zero-order valence-corrected chi connectivity index (χ0v) is 16.7. The van der Waals surface area contributed by atoms with Crippen LogP contribution < -0.4 is 0 Å². The number of alkyl halides is 6. The lowest BCUT2D eigenvalue weighted by Crippen LogP contribution is -2.19. The zero-order valence-electron chi connectivity index (χ0n) is 13.6. The van der Waals surface area contributed by atoms with Crippen LogP contribution in [0.25, 0.3) is 6.08 Å². The van der Waals surface area contributed by atoms with Crippen LogP contribution in [0.1, 0.15) is 33.0 Å². The minimum Gasteiger partial charge on any atom is -0.478 e. The molecule has 0 aliphatic rings. The van der Waals surface area contributed by atoms with Gasteiger partial charge in [0, 0.05) is 8.95 Å². The van der Waals surface area contributed by atoms with Crippen molar-refractivity contribution in [2.45, 2.75) is 18.3 Å². The Bertz CT molecular complexity index is 899. The van der Waals surface area contributed by atoms with E-state index >= 15 is 0 Å². The first kappa shape index (κ1) is 22.5. The maximum atomic E-state index is 13.5. The second-order valence-corrected chi connectivity index (χ2v) is 7.52. The molecule has 0 fully saturated rings. The van der Waals surface area contributed by atoms with Crippen molar-refractivity contribution in [3.05, 3.63) is 73.7 Å². The van der Waals surface area contributed by atoms with Crippen molar-refractivity contribution in [3.8, 4) is 0 Å². The highest BCUT2D eigenvalue weighted by molar-refractivity contribution is 9.11. The molecule has 0 aliphatic carbocycles. The summed E-state index contributed by atoms with van der Waals surface area (Å²) in [5.41, 5.74) is -2.74. The van der Waals surface area contributed by atoms with E-state index in [2.05, 4.69) is 31.9 Å². The highest BCUT2D eigenvalue weighted by atomic mass is 79.9. The molecule has 2 aromatic carbocycles. The molecule has 150 valence electrons. The third-order valence-corrected chi connectivity index (χ3v) is 4.57. The van der Waals surface area contributed by atoms with Crippen LogP contribution in [0.3, 0.4) is 0 Å². The maximum absolute atomic E-state index is 13.5. The van der Waals surface area contributed by atoms with Crippen molar-refractivity contribution in [2.75, 3.05) is 0 Å². The van der Waals surface area contributed by atoms with Gasteiger partial charge >= 0.3 is 18.3 Å². The first-order chi connectivity index (χ1) is 12.8. The molecule has 0 aliphatic heterocycles. The van der Waals surface area contributed by atoms with Crippen LogP contribution in [0.15, 0.2) is 51.4 Å². The summed E-state index contributed by atoms with van der Waals surface area (Å²) >= 11 is 6.19. The standard InChI is InChI=1S/C18H10Br2F6O2/c19-11-6-10(7-12(20)8-11)14(17(21,22)23)4-2-9-1-3-13(16(27)28)15(5-9)18(24,25)26/h1-8,14H,(H,27,28). The van der Waals surface area contributed by atoms with E-state index in [0.717, 1.165) is 18.2 Å². The first-order valence-electron chi connectivity index (χ1n) is 7.44. The molecule has 0 saturated carbocycles. The van der Waals surface area contributed by atoms with E-state index in [0.29, 0.717) is 21.1 Å². The summed E-state index contributed by atoms with van der Waals surface area (Å²) in [5.74, 6) is -3.86. The molecule has 0 aromatic heterocycles. The van der Waals surface area contributed by atoms with Crippen molar-refractivity contribution >= 4 is 43.9 Å². The Kier molecular flexibility index (Phi) is 6.65. The van der Waals surface area contributed by atoms with E-state index in [1.165, 1.54) is 12.1 Å². The number of hydrogen-bond donors (Lipinski definition) is 1. The molecule has 1 unspecified atom stereocenters. The molecule has 0 amide bonds. The van der Waals surface area contributed by atoms with Crippen molar-refractivity contribution in [2.24, 2.45) is 0 Å². The van der Waals surface area contributed by atoms with Gasteiger partial charge in [-0.25, -0.2) is 4.79 Å². The van der Waals surface area contributed by atoms with E-state index in [-0.39, 0.29) is 11.1 Å². The van der Waals surface area contributed by atoms with Crippen molar-refractivity contribution in [3.63, 3.8) is 0 Å². The normalized spacial score (nSPS) is 13.7. The predicted molar refractivity (Wildman–Crippen MR) is 98.1 cm³/mol. The number of halogens is 8. The number of aromatic carboxylic acids is 1. The number of carbonyl (C=O) groups is 1. The highest BCUT2D eigenvalue weighted by Crippen LogP contribution is 2.39. The Balaban J connectivity index is 2.49. The largest absolute Gasteiger partial charge is 0.478 e. The van der Waals surface area contributed by atoms with Gasteiger partial charge in [0.15, 0.2) is 0 Å². The van der Waals surface area contributed by atoms with Crippen LogP contribution in [0.2, 0.25) is 0 Å². The average molecular weight is 532 g/mol. The fraction of sp³-hybridized carbons (Fsp3) is 0.167. The fourth-order valence-corrected chi connectivity index (χ4v) is 3.79. The summed E-state index contributed by atoms with van der Waals surface area (Å²) < 4.78 is 80.4. The minimum atomic E-state index is -4.96. The molecular weight excluding hydrogens is 522 g/mol. The summed E-state index contributed by atoms with van der Waals surface area (Å²) in [6.45, 7) is 0. The summed E-state index contributed by atoms with van der Waals surface area (Å²) in [4.78, 5) is 11.0. The van der Waals surface area contributed by atoms with Crippen LogP contribution in [-0.2, 0) is 6.18 Å². The van der Waals surface area contributed by atoms with E-state index in [4.69, 9.17) is 5.11 Å². The Morgan fingerprint density at radius 3 is 2.00 bits per heavy atom. The van der Waals surface area contributed by atoms with Crippen molar-refractivity contribution in [1.29, 1.82) is 0 Å². The van der Waals surface area contributed by atoms with Crippen LogP contribution in [-0.4, -0.2) is 17.3 Å². The predicted octanol–water partition coefficient (Wildman–Crippen LogP) is 7.29. The number of allylic oxidation sites excluding steroid dienone is 1. The van der Waals surface area contributed by atoms with Crippen LogP contribution in [0.4, 0.5) is 26.3 Å². The molecule has 1 N–H and O–H groups in total. The first-order valence-corrected chi connectivity index (χ1v) is 9.03. The molecule has 0 spiro atoms. The number of benzene rings is 2. The molecule has 2 rings (SSSR count). The molecule has 2 nitrogen and oxygen atoms in total. The Morgan fingerprint density at radius 1 is 0.964 bits per heavy atom. The topological polar surface area (TPSA) is 37.3 Å². The fourth-order valence-electron chi connectivity index (χ4n) is 2.46. The van der Waals surface area contributed by atoms with Gasteiger partial charge in [0.1, 0.15) is 0 Å². The number of rotatable bonds is 4. The molecule has 1 atom stereocenters. The molecule has 0 bridgehead atoms. The minimum absolute atomic E-state index is 0.122. The third kappa shape index (κ3) is 5.60. The van der Waals surface area contributed by atoms with E-state index in [1.54, 1.807) is 6.07 Å². The van der Waals surface area contributed by atoms with Gasteiger partial charge < -0.3 is 5.11 Å². The molecule has 28 heavy (non-hydrogen) atoms. The second-order valence-electron chi connectivity index (χ2n) is 5.69. The SMILES string of the molecule is O=C(O)c1ccc(C=CC(c2cc(Br)cc(Br)c2)C(F)(F)F)cc1C(F)(F)F. The van der Waals surface area contributed by atoms with Crippen LogP contribution in [0.5, 0.6) is 0 Å². The quantitative estimate of drug-likeness (QED) is 0.421. The average Bonchev–Trinajstić information content (AvgIpc) is 2.51. The van der Waals surface area contributed by atoms with Gasteiger partial charge in [-0.1, -0.05) is 50.1 Å². The Morgan fingerprint density at radius 2 is 1.54 bits per heavy atom. The monoisotopic (exact) mass is 530 g/mol. The molecule has 0 heterocycles. The number of hydrogen-bond acceptors (Lipinski definition) is 1. The van der Waals surface area contributed by atoms with Crippen LogP contribution in [0, 0.1) is 0 Å². The molecule has 0 saturated heterocycles. The highest BCUT2D eigenvalue weighted by Gasteiger charge is 2.39. The molecule has 2 aromatic rings. The molecule has 0 radical (unpaired) electrons. The smallest absolute Gasteiger partial charge is 0.417 e.